The minimum absolute atomic E-state index is 0.119. The fourth-order valence-corrected chi connectivity index (χ4v) is 11.6. The summed E-state index contributed by atoms with van der Waals surface area (Å²) >= 11 is 0. The lowest BCUT2D eigenvalue weighted by Gasteiger charge is -2.30. The van der Waals surface area contributed by atoms with Crippen LogP contribution in [0.1, 0.15) is 36.1 Å². The molecule has 4 aromatic heterocycles. The number of rotatable bonds is 5. The van der Waals surface area contributed by atoms with Crippen LogP contribution in [0.2, 0.25) is 0 Å². The van der Waals surface area contributed by atoms with E-state index in [9.17, 15) is 0 Å². The summed E-state index contributed by atoms with van der Waals surface area (Å²) in [6.45, 7) is 2.25. The normalized spacial score (nSPS) is 15.7. The molecule has 2 unspecified atom stereocenters. The van der Waals surface area contributed by atoms with Crippen LogP contribution in [0, 0.1) is 5.92 Å². The van der Waals surface area contributed by atoms with Gasteiger partial charge in [0.1, 0.15) is 33.5 Å². The van der Waals surface area contributed by atoms with Crippen LogP contribution in [0.15, 0.2) is 217 Å². The van der Waals surface area contributed by atoms with E-state index in [4.69, 9.17) is 23.2 Å². The van der Waals surface area contributed by atoms with Crippen molar-refractivity contribution >= 4 is 121 Å². The zero-order valence-electron chi connectivity index (χ0n) is 36.9. The number of benzene rings is 10. The highest BCUT2D eigenvalue weighted by Gasteiger charge is 2.36. The van der Waals surface area contributed by atoms with Crippen LogP contribution in [0.3, 0.4) is 0 Å². The van der Waals surface area contributed by atoms with E-state index in [2.05, 4.69) is 169 Å². The first-order valence-electron chi connectivity index (χ1n) is 23.5. The highest BCUT2D eigenvalue weighted by atomic mass is 16.3. The molecule has 5 heterocycles. The number of nitrogens with zero attached hydrogens (tertiary/aromatic N) is 3. The summed E-state index contributed by atoms with van der Waals surface area (Å²) < 4.78 is 22.6. The molecule has 0 radical (unpaired) electrons. The second kappa shape index (κ2) is 14.1. The van der Waals surface area contributed by atoms with E-state index in [1.807, 2.05) is 36.4 Å². The second-order valence-electron chi connectivity index (χ2n) is 18.2. The number of amidine groups is 1. The Bertz CT molecular complexity index is 4520. The third-order valence-corrected chi connectivity index (χ3v) is 14.6. The van der Waals surface area contributed by atoms with Gasteiger partial charge in [0.2, 0.25) is 0 Å². The molecule has 6 heteroatoms. The highest BCUT2D eigenvalue weighted by Crippen LogP contribution is 2.47. The number of aromatic nitrogens is 1. The summed E-state index contributed by atoms with van der Waals surface area (Å²) in [4.78, 5) is 11.5. The maximum Gasteiger partial charge on any atom is 0.156 e. The molecule has 1 aliphatic rings. The van der Waals surface area contributed by atoms with Crippen LogP contribution < -0.4 is 0 Å². The lowest BCUT2D eigenvalue weighted by molar-refractivity contribution is 0.535. The van der Waals surface area contributed by atoms with Crippen molar-refractivity contribution in [3.8, 4) is 5.69 Å². The Morgan fingerprint density at radius 1 is 0.441 bits per heavy atom. The minimum atomic E-state index is -0.307. The first-order valence-corrected chi connectivity index (χ1v) is 23.5. The molecular weight excluding hydrogens is 835 g/mol. The van der Waals surface area contributed by atoms with Crippen LogP contribution in [-0.4, -0.2) is 16.1 Å². The summed E-state index contributed by atoms with van der Waals surface area (Å²) in [5.74, 6) is 0.540. The number of para-hydroxylation sites is 3. The number of hydrogen-bond donors (Lipinski definition) is 0. The van der Waals surface area contributed by atoms with Gasteiger partial charge >= 0.3 is 0 Å². The standard InChI is InChI=1S/C62H39N3O3/c1-2-38-59(43-22-13-27-53-56(43)40-19-7-10-24-50(40)66-53)63-62(44-23-14-28-54-57(44)41-20-8-11-25-51(41)67-54)64-60(38)45-30-32-48(58-42-21-9-12-26-52(42)68-61(45)58)65-47-31-29-35-15-5-6-18-39(35)55(47)46-33-36-16-3-4-17-37(36)34-49(46)65/h3-34,38,59H,2H2,1H3. The lowest BCUT2D eigenvalue weighted by Crippen LogP contribution is -2.28. The van der Waals surface area contributed by atoms with E-state index in [0.29, 0.717) is 5.84 Å². The van der Waals surface area contributed by atoms with E-state index < -0.39 is 0 Å². The molecule has 0 N–H and O–H groups in total. The summed E-state index contributed by atoms with van der Waals surface area (Å²) in [6.07, 6.45) is 0.780. The summed E-state index contributed by atoms with van der Waals surface area (Å²) in [5, 5.41) is 13.6. The smallest absolute Gasteiger partial charge is 0.156 e. The molecule has 68 heavy (non-hydrogen) atoms. The number of hydrogen-bond acceptors (Lipinski definition) is 5. The van der Waals surface area contributed by atoms with Gasteiger partial charge in [-0.15, -0.1) is 0 Å². The second-order valence-corrected chi connectivity index (χ2v) is 18.2. The van der Waals surface area contributed by atoms with Gasteiger partial charge in [0.25, 0.3) is 0 Å². The van der Waals surface area contributed by atoms with Crippen molar-refractivity contribution in [3.05, 3.63) is 211 Å². The molecule has 15 rings (SSSR count). The topological polar surface area (TPSA) is 69.1 Å². The van der Waals surface area contributed by atoms with Gasteiger partial charge in [-0.3, -0.25) is 4.99 Å². The van der Waals surface area contributed by atoms with Gasteiger partial charge in [0, 0.05) is 54.7 Å². The van der Waals surface area contributed by atoms with Crippen molar-refractivity contribution < 1.29 is 13.3 Å². The molecule has 0 bridgehead atoms. The van der Waals surface area contributed by atoms with Gasteiger partial charge in [0.05, 0.1) is 33.9 Å². The van der Waals surface area contributed by atoms with Crippen LogP contribution in [0.5, 0.6) is 0 Å². The SMILES string of the molecule is CCC1C(c2ccc(-n3c4cc5ccccc5cc4c4c5ccccc5ccc43)c3c2oc2ccccc23)=NC(c2cccc3oc4ccccc4c23)=NC1c1cccc2oc3ccccc3c12. The van der Waals surface area contributed by atoms with Crippen molar-refractivity contribution in [3.63, 3.8) is 0 Å². The zero-order chi connectivity index (χ0) is 44.6. The Labute approximate surface area is 388 Å². The van der Waals surface area contributed by atoms with Gasteiger partial charge in [-0.25, -0.2) is 4.99 Å². The lowest BCUT2D eigenvalue weighted by atomic mass is 9.81. The predicted molar refractivity (Wildman–Crippen MR) is 280 cm³/mol. The summed E-state index contributed by atoms with van der Waals surface area (Å²) in [5.41, 5.74) is 12.2. The average molecular weight is 874 g/mol. The maximum atomic E-state index is 7.18. The van der Waals surface area contributed by atoms with Crippen LogP contribution in [-0.2, 0) is 0 Å². The molecule has 320 valence electrons. The molecule has 0 fully saturated rings. The van der Waals surface area contributed by atoms with E-state index in [0.717, 1.165) is 111 Å². The van der Waals surface area contributed by atoms with Crippen molar-refractivity contribution in [1.29, 1.82) is 0 Å². The number of fused-ring (bicyclic) bond motifs is 15. The van der Waals surface area contributed by atoms with Crippen LogP contribution >= 0.6 is 0 Å². The summed E-state index contributed by atoms with van der Waals surface area (Å²) in [6, 6.07) is 68.5. The van der Waals surface area contributed by atoms with Gasteiger partial charge < -0.3 is 17.8 Å². The average Bonchev–Trinajstić information content (AvgIpc) is 4.16. The van der Waals surface area contributed by atoms with Crippen LogP contribution in [0.25, 0.3) is 115 Å². The van der Waals surface area contributed by atoms with Crippen molar-refractivity contribution in [2.45, 2.75) is 19.4 Å². The Hall–Kier alpha value is -8.74. The Morgan fingerprint density at radius 3 is 1.79 bits per heavy atom. The molecule has 6 nitrogen and oxygen atoms in total. The fraction of sp³-hybridized carbons (Fsp3) is 0.0645. The molecule has 1 aliphatic heterocycles. The quantitative estimate of drug-likeness (QED) is 0.173. The third-order valence-electron chi connectivity index (χ3n) is 14.6. The largest absolute Gasteiger partial charge is 0.456 e. The molecule has 0 aliphatic carbocycles. The van der Waals surface area contributed by atoms with Crippen molar-refractivity contribution in [2.24, 2.45) is 15.9 Å². The molecule has 0 saturated heterocycles. The first-order chi connectivity index (χ1) is 33.7. The van der Waals surface area contributed by atoms with E-state index in [1.54, 1.807) is 0 Å². The Balaban J connectivity index is 1.04. The third kappa shape index (κ3) is 5.22. The van der Waals surface area contributed by atoms with Crippen molar-refractivity contribution in [2.75, 3.05) is 0 Å². The predicted octanol–water partition coefficient (Wildman–Crippen LogP) is 16.8. The molecule has 14 aromatic rings. The van der Waals surface area contributed by atoms with Gasteiger partial charge in [-0.1, -0.05) is 140 Å². The van der Waals surface area contributed by atoms with Gasteiger partial charge in [-0.05, 0) is 94.2 Å². The van der Waals surface area contributed by atoms with Crippen molar-refractivity contribution in [1.82, 2.24) is 4.57 Å². The zero-order valence-corrected chi connectivity index (χ0v) is 36.9. The highest BCUT2D eigenvalue weighted by molar-refractivity contribution is 6.28. The summed E-state index contributed by atoms with van der Waals surface area (Å²) in [7, 11) is 0. The monoisotopic (exact) mass is 873 g/mol. The molecule has 0 spiro atoms. The Morgan fingerprint density at radius 2 is 1.04 bits per heavy atom. The Kier molecular flexibility index (Phi) is 7.79. The fourth-order valence-electron chi connectivity index (χ4n) is 11.6. The maximum absolute atomic E-state index is 7.18. The molecule has 2 atom stereocenters. The molecule has 0 saturated carbocycles. The molecular formula is C62H39N3O3. The number of aliphatic imine (C=N–C) groups is 2. The molecule has 10 aromatic carbocycles. The first kappa shape index (κ1) is 37.5. The minimum Gasteiger partial charge on any atom is -0.456 e. The van der Waals surface area contributed by atoms with E-state index in [-0.39, 0.29) is 12.0 Å². The van der Waals surface area contributed by atoms with Crippen LogP contribution in [0.4, 0.5) is 0 Å². The van der Waals surface area contributed by atoms with Gasteiger partial charge in [-0.2, -0.15) is 0 Å². The van der Waals surface area contributed by atoms with Gasteiger partial charge in [0.15, 0.2) is 5.84 Å². The molecule has 0 amide bonds. The van der Waals surface area contributed by atoms with E-state index >= 15 is 0 Å². The van der Waals surface area contributed by atoms with E-state index in [1.165, 1.54) is 32.3 Å². The number of furan rings is 3.